The summed E-state index contributed by atoms with van der Waals surface area (Å²) in [4.78, 5) is 44.0. The topological polar surface area (TPSA) is 81.1 Å². The van der Waals surface area contributed by atoms with E-state index in [-0.39, 0.29) is 23.6 Å². The van der Waals surface area contributed by atoms with Gasteiger partial charge in [-0.2, -0.15) is 0 Å². The van der Waals surface area contributed by atoms with Gasteiger partial charge in [0.15, 0.2) is 0 Å². The van der Waals surface area contributed by atoms with Crippen LogP contribution in [0.4, 0.5) is 0 Å². The van der Waals surface area contributed by atoms with E-state index in [2.05, 4.69) is 31.3 Å². The summed E-state index contributed by atoms with van der Waals surface area (Å²) in [6, 6.07) is 15.5. The van der Waals surface area contributed by atoms with Gasteiger partial charge in [-0.1, -0.05) is 68.8 Å². The Labute approximate surface area is 223 Å². The maximum atomic E-state index is 13.8. The lowest BCUT2D eigenvalue weighted by molar-refractivity contribution is -0.120. The number of fused-ring (bicyclic) bond motifs is 6. The molecule has 0 radical (unpaired) electrons. The van der Waals surface area contributed by atoms with Crippen molar-refractivity contribution in [1.82, 2.24) is 14.9 Å². The van der Waals surface area contributed by atoms with E-state index in [0.717, 1.165) is 60.7 Å². The number of aromatic nitrogens is 2. The third-order valence-electron chi connectivity index (χ3n) is 8.20. The number of carbonyl (C=O) groups excluding carboxylic acids is 3. The summed E-state index contributed by atoms with van der Waals surface area (Å²) in [7, 11) is 0. The smallest absolute Gasteiger partial charge is 0.264 e. The third-order valence-corrected chi connectivity index (χ3v) is 8.20. The predicted molar refractivity (Wildman–Crippen MR) is 152 cm³/mol. The van der Waals surface area contributed by atoms with Gasteiger partial charge in [0, 0.05) is 11.1 Å². The minimum atomic E-state index is -0.488. The van der Waals surface area contributed by atoms with Gasteiger partial charge in [0.1, 0.15) is 5.82 Å². The van der Waals surface area contributed by atoms with Gasteiger partial charge in [0.25, 0.3) is 11.8 Å². The molecule has 4 aliphatic rings. The average Bonchev–Trinajstić information content (AvgIpc) is 3.34. The number of carbonyl (C=O) groups is 3. The molecule has 1 aromatic heterocycles. The molecule has 2 amide bonds. The Morgan fingerprint density at radius 1 is 0.795 bits per heavy atom. The normalized spacial score (nSPS) is 19.3. The number of imidazole rings is 1. The lowest BCUT2D eigenvalue weighted by Gasteiger charge is -2.32. The van der Waals surface area contributed by atoms with Crippen molar-refractivity contribution in [3.05, 3.63) is 99.9 Å². The third kappa shape index (κ3) is 2.65. The Bertz CT molecular complexity index is 2060. The Balaban J connectivity index is 0.000000752. The second-order valence-corrected chi connectivity index (χ2v) is 10.5. The van der Waals surface area contributed by atoms with Gasteiger partial charge >= 0.3 is 0 Å². The molecule has 39 heavy (non-hydrogen) atoms. The van der Waals surface area contributed by atoms with Crippen molar-refractivity contribution in [1.29, 1.82) is 0 Å². The molecule has 6 nitrogen and oxygen atoms in total. The fourth-order valence-electron chi connectivity index (χ4n) is 6.77. The number of nitrogens with one attached hydrogen (secondary N) is 1. The van der Waals surface area contributed by atoms with E-state index in [1.807, 2.05) is 60.7 Å². The molecular formula is C33H23N3O3. The number of imide groups is 1. The number of allylic oxidation sites excluding steroid dienone is 1. The van der Waals surface area contributed by atoms with Crippen LogP contribution >= 0.6 is 0 Å². The minimum absolute atomic E-state index is 0.0647. The number of nitrogens with zero attached hydrogens (tertiary/aromatic N) is 2. The molecular weight excluding hydrogens is 486 g/mol. The van der Waals surface area contributed by atoms with Crippen LogP contribution < -0.4 is 5.32 Å². The maximum Gasteiger partial charge on any atom is 0.264 e. The molecule has 0 saturated heterocycles. The van der Waals surface area contributed by atoms with Gasteiger partial charge in [-0.25, -0.2) is 4.98 Å². The van der Waals surface area contributed by atoms with E-state index in [0.29, 0.717) is 11.1 Å². The quantitative estimate of drug-likeness (QED) is 0.196. The second-order valence-electron chi connectivity index (χ2n) is 10.5. The molecule has 0 spiro atoms. The first-order valence-corrected chi connectivity index (χ1v) is 13.4. The van der Waals surface area contributed by atoms with Crippen LogP contribution in [0, 0.1) is 0 Å². The summed E-state index contributed by atoms with van der Waals surface area (Å²) in [5.74, 6) is -0.602. The van der Waals surface area contributed by atoms with E-state index >= 15 is 0 Å². The molecule has 0 bridgehead atoms. The van der Waals surface area contributed by atoms with E-state index in [4.69, 9.17) is 4.98 Å². The van der Waals surface area contributed by atoms with Crippen molar-refractivity contribution in [2.75, 3.05) is 0 Å². The van der Waals surface area contributed by atoms with Gasteiger partial charge < -0.3 is 0 Å². The lowest BCUT2D eigenvalue weighted by Crippen LogP contribution is -2.40. The van der Waals surface area contributed by atoms with Crippen LogP contribution in [0.1, 0.15) is 80.9 Å². The van der Waals surface area contributed by atoms with Crippen LogP contribution in [0.2, 0.25) is 0 Å². The molecule has 2 aliphatic carbocycles. The Hall–Kier alpha value is -4.84. The summed E-state index contributed by atoms with van der Waals surface area (Å²) in [5.41, 5.74) is 6.63. The van der Waals surface area contributed by atoms with Crippen molar-refractivity contribution in [2.24, 2.45) is 0 Å². The van der Waals surface area contributed by atoms with E-state index < -0.39 is 5.92 Å². The largest absolute Gasteiger partial charge is 0.291 e. The predicted octanol–water partition coefficient (Wildman–Crippen LogP) is 6.30. The monoisotopic (exact) mass is 509 g/mol. The lowest BCUT2D eigenvalue weighted by atomic mass is 9.73. The highest BCUT2D eigenvalue weighted by atomic mass is 16.2. The van der Waals surface area contributed by atoms with E-state index in [1.165, 1.54) is 6.42 Å². The zero-order valence-corrected chi connectivity index (χ0v) is 21.4. The van der Waals surface area contributed by atoms with Gasteiger partial charge in [-0.15, -0.1) is 0 Å². The average molecular weight is 510 g/mol. The number of hydrogen-bond donors (Lipinski definition) is 1. The number of benzene rings is 4. The molecule has 0 saturated carbocycles. The summed E-state index contributed by atoms with van der Waals surface area (Å²) in [6.07, 6.45) is 9.37. The number of hydrogen-bond acceptors (Lipinski definition) is 4. The van der Waals surface area contributed by atoms with Crippen molar-refractivity contribution in [3.8, 4) is 0 Å². The highest BCUT2D eigenvalue weighted by Crippen LogP contribution is 2.50. The second kappa shape index (κ2) is 7.60. The molecule has 9 rings (SSSR count). The fraction of sp³-hybridized carbons (Fsp3) is 0.152. The molecule has 188 valence electrons. The van der Waals surface area contributed by atoms with Crippen molar-refractivity contribution in [3.63, 3.8) is 0 Å². The highest BCUT2D eigenvalue weighted by Gasteiger charge is 2.39. The first-order chi connectivity index (χ1) is 19.0. The molecule has 3 heterocycles. The molecule has 2 aliphatic heterocycles. The number of para-hydroxylation sites is 2. The summed E-state index contributed by atoms with van der Waals surface area (Å²) in [6.45, 7) is 4.25. The fourth-order valence-corrected chi connectivity index (χ4v) is 6.77. The Kier molecular flexibility index (Phi) is 4.32. The van der Waals surface area contributed by atoms with Gasteiger partial charge in [0.05, 0.1) is 22.9 Å². The van der Waals surface area contributed by atoms with E-state index in [9.17, 15) is 14.4 Å². The van der Waals surface area contributed by atoms with Crippen LogP contribution in [0.3, 0.4) is 0 Å². The maximum absolute atomic E-state index is 13.8. The van der Waals surface area contributed by atoms with Crippen LogP contribution in [-0.4, -0.2) is 27.3 Å². The first kappa shape index (κ1) is 22.2. The van der Waals surface area contributed by atoms with Crippen LogP contribution in [-0.2, 0) is 4.79 Å². The van der Waals surface area contributed by atoms with Crippen LogP contribution in [0.5, 0.6) is 0 Å². The molecule has 0 fully saturated rings. The van der Waals surface area contributed by atoms with Gasteiger partial charge in [0.2, 0.25) is 5.91 Å². The standard InChI is InChI=1S/C30H15N3O3.C3H8/c34-28-18-10-6-14-13-5-9-17-25-20(30(36)33-22-4-2-1-3-21(22)31-27(17)33)12-8-16(23(13)25)15-7-11-19(29(35)32-28)26(18)24(14)15;1-3-2/h1-12,17-18H,(H,32,34,35);3H2,1-2H3. The summed E-state index contributed by atoms with van der Waals surface area (Å²) < 4.78 is 1.75. The number of amides is 2. The Morgan fingerprint density at radius 3 is 2.13 bits per heavy atom. The zero-order valence-electron chi connectivity index (χ0n) is 21.4. The van der Waals surface area contributed by atoms with Gasteiger partial charge in [-0.3, -0.25) is 24.3 Å². The summed E-state index contributed by atoms with van der Waals surface area (Å²) >= 11 is 0. The molecule has 4 aromatic carbocycles. The first-order valence-electron chi connectivity index (χ1n) is 13.4. The van der Waals surface area contributed by atoms with Crippen LogP contribution in [0.15, 0.2) is 60.7 Å². The molecule has 5 aromatic rings. The summed E-state index contributed by atoms with van der Waals surface area (Å²) in [5, 5.41) is 6.48. The molecule has 1 N–H and O–H groups in total. The minimum Gasteiger partial charge on any atom is -0.291 e. The van der Waals surface area contributed by atoms with E-state index in [1.54, 1.807) is 4.57 Å². The number of rotatable bonds is 0. The zero-order chi connectivity index (χ0) is 26.6. The Morgan fingerprint density at radius 2 is 1.41 bits per heavy atom. The SMILES string of the molecule is CCC.O=C1NC(=O)C2C=Cc3c4c5c6c(ccc5c5ccc1c2c35)C(=O)n1c(nc2ccccc21)C6C=C4. The molecule has 2 atom stereocenters. The van der Waals surface area contributed by atoms with Crippen LogP contribution in [0.25, 0.3) is 44.7 Å². The van der Waals surface area contributed by atoms with Crippen molar-refractivity contribution >= 4 is 62.5 Å². The highest BCUT2D eigenvalue weighted by molar-refractivity contribution is 6.25. The van der Waals surface area contributed by atoms with Gasteiger partial charge in [-0.05, 0) is 68.1 Å². The van der Waals surface area contributed by atoms with Crippen molar-refractivity contribution < 1.29 is 14.4 Å². The molecule has 6 heteroatoms. The van der Waals surface area contributed by atoms with Crippen molar-refractivity contribution in [2.45, 2.75) is 32.1 Å². The molecule has 2 unspecified atom stereocenters.